The van der Waals surface area contributed by atoms with Crippen molar-refractivity contribution in [1.29, 1.82) is 0 Å². The fraction of sp³-hybridized carbons (Fsp3) is 0.550. The fourth-order valence-corrected chi connectivity index (χ4v) is 6.07. The Morgan fingerprint density at radius 3 is 2.46 bits per heavy atom. The second-order valence-electron chi connectivity index (χ2n) is 7.58. The highest BCUT2D eigenvalue weighted by Gasteiger charge is 2.45. The second kappa shape index (κ2) is 6.82. The molecule has 0 radical (unpaired) electrons. The van der Waals surface area contributed by atoms with Gasteiger partial charge >= 0.3 is 0 Å². The van der Waals surface area contributed by atoms with Gasteiger partial charge in [0.25, 0.3) is 0 Å². The molecule has 0 aliphatic carbocycles. The molecule has 0 unspecified atom stereocenters. The number of imidazole rings is 1. The average molecular weight is 374 g/mol. The van der Waals surface area contributed by atoms with Crippen LogP contribution in [0.4, 0.5) is 0 Å². The number of aromatic nitrogens is 2. The maximum absolute atomic E-state index is 12.5. The molecule has 0 saturated carbocycles. The lowest BCUT2D eigenvalue weighted by molar-refractivity contribution is 0.228. The smallest absolute Gasteiger partial charge is 0.214 e. The van der Waals surface area contributed by atoms with Crippen molar-refractivity contribution >= 4 is 10.0 Å². The zero-order valence-corrected chi connectivity index (χ0v) is 16.2. The molecule has 5 nitrogen and oxygen atoms in total. The molecular formula is C20H27N3O2S. The van der Waals surface area contributed by atoms with Crippen LogP contribution in [0.3, 0.4) is 0 Å². The van der Waals surface area contributed by atoms with Gasteiger partial charge in [0.15, 0.2) is 0 Å². The van der Waals surface area contributed by atoms with E-state index in [9.17, 15) is 8.42 Å². The Hall–Kier alpha value is -1.66. The van der Waals surface area contributed by atoms with Crippen LogP contribution in [0.1, 0.15) is 44.9 Å². The van der Waals surface area contributed by atoms with Gasteiger partial charge in [0, 0.05) is 25.0 Å². The highest BCUT2D eigenvalue weighted by atomic mass is 32.2. The van der Waals surface area contributed by atoms with E-state index in [1.807, 2.05) is 19.2 Å². The third-order valence-corrected chi connectivity index (χ3v) is 8.00. The predicted molar refractivity (Wildman–Crippen MR) is 103 cm³/mol. The molecule has 140 valence electrons. The molecule has 1 fully saturated rings. The summed E-state index contributed by atoms with van der Waals surface area (Å²) in [6.45, 7) is 4.25. The van der Waals surface area contributed by atoms with Gasteiger partial charge < -0.3 is 4.57 Å². The molecule has 1 aromatic carbocycles. The SMILES string of the molecule is CCCCS(=O)(=O)N1CCC2(CC1)CCn1c(-c3ccccc3)cnc12. The van der Waals surface area contributed by atoms with Crippen molar-refractivity contribution < 1.29 is 8.42 Å². The van der Waals surface area contributed by atoms with Crippen LogP contribution in [0.25, 0.3) is 11.3 Å². The first-order valence-electron chi connectivity index (χ1n) is 9.65. The topological polar surface area (TPSA) is 55.2 Å². The minimum atomic E-state index is -3.10. The first kappa shape index (κ1) is 17.7. The normalized spacial score (nSPS) is 19.7. The summed E-state index contributed by atoms with van der Waals surface area (Å²) in [4.78, 5) is 4.78. The van der Waals surface area contributed by atoms with Gasteiger partial charge in [-0.3, -0.25) is 0 Å². The van der Waals surface area contributed by atoms with E-state index in [2.05, 4.69) is 28.8 Å². The lowest BCUT2D eigenvalue weighted by Crippen LogP contribution is -2.45. The molecule has 6 heteroatoms. The van der Waals surface area contributed by atoms with Crippen LogP contribution in [-0.2, 0) is 22.0 Å². The largest absolute Gasteiger partial charge is 0.328 e. The number of sulfonamides is 1. The molecule has 0 atom stereocenters. The maximum atomic E-state index is 12.5. The Morgan fingerprint density at radius 2 is 1.77 bits per heavy atom. The van der Waals surface area contributed by atoms with Gasteiger partial charge in [-0.05, 0) is 31.2 Å². The summed E-state index contributed by atoms with van der Waals surface area (Å²) in [6, 6.07) is 10.4. The monoisotopic (exact) mass is 373 g/mol. The Morgan fingerprint density at radius 1 is 1.08 bits per heavy atom. The highest BCUT2D eigenvalue weighted by Crippen LogP contribution is 2.45. The molecule has 0 bridgehead atoms. The van der Waals surface area contributed by atoms with Crippen molar-refractivity contribution in [3.05, 3.63) is 42.4 Å². The van der Waals surface area contributed by atoms with E-state index in [-0.39, 0.29) is 11.2 Å². The van der Waals surface area contributed by atoms with Crippen LogP contribution in [0, 0.1) is 0 Å². The van der Waals surface area contributed by atoms with Crippen molar-refractivity contribution in [1.82, 2.24) is 13.9 Å². The van der Waals surface area contributed by atoms with E-state index in [0.717, 1.165) is 44.5 Å². The Kier molecular flexibility index (Phi) is 4.65. The highest BCUT2D eigenvalue weighted by molar-refractivity contribution is 7.89. The molecule has 2 aliphatic rings. The number of hydrogen-bond acceptors (Lipinski definition) is 3. The summed E-state index contributed by atoms with van der Waals surface area (Å²) >= 11 is 0. The van der Waals surface area contributed by atoms with E-state index in [1.165, 1.54) is 11.3 Å². The average Bonchev–Trinajstić information content (AvgIpc) is 3.23. The Balaban J connectivity index is 1.53. The van der Waals surface area contributed by atoms with Gasteiger partial charge in [0.1, 0.15) is 5.82 Å². The molecule has 1 aromatic heterocycles. The molecule has 3 heterocycles. The Labute approximate surface area is 156 Å². The van der Waals surface area contributed by atoms with E-state index in [1.54, 1.807) is 4.31 Å². The summed E-state index contributed by atoms with van der Waals surface area (Å²) in [5, 5.41) is 0. The number of fused-ring (bicyclic) bond motifs is 2. The first-order chi connectivity index (χ1) is 12.6. The van der Waals surface area contributed by atoms with Gasteiger partial charge in [-0.25, -0.2) is 17.7 Å². The fourth-order valence-electron chi connectivity index (χ4n) is 4.42. The number of nitrogens with zero attached hydrogens (tertiary/aromatic N) is 3. The lowest BCUT2D eigenvalue weighted by Gasteiger charge is -2.37. The van der Waals surface area contributed by atoms with Gasteiger partial charge in [-0.15, -0.1) is 0 Å². The summed E-state index contributed by atoms with van der Waals surface area (Å²) < 4.78 is 29.0. The minimum absolute atomic E-state index is 0.0454. The van der Waals surface area contributed by atoms with Gasteiger partial charge in [-0.2, -0.15) is 0 Å². The van der Waals surface area contributed by atoms with Crippen molar-refractivity contribution in [3.8, 4) is 11.3 Å². The van der Waals surface area contributed by atoms with E-state index < -0.39 is 10.0 Å². The summed E-state index contributed by atoms with van der Waals surface area (Å²) in [7, 11) is -3.10. The van der Waals surface area contributed by atoms with Crippen molar-refractivity contribution in [2.24, 2.45) is 0 Å². The molecule has 1 spiro atoms. The van der Waals surface area contributed by atoms with Crippen LogP contribution in [0.15, 0.2) is 36.5 Å². The van der Waals surface area contributed by atoms with Crippen molar-refractivity contribution in [3.63, 3.8) is 0 Å². The van der Waals surface area contributed by atoms with E-state index in [4.69, 9.17) is 4.98 Å². The molecular weight excluding hydrogens is 346 g/mol. The van der Waals surface area contributed by atoms with Crippen LogP contribution in [0.5, 0.6) is 0 Å². The molecule has 4 rings (SSSR count). The lowest BCUT2D eigenvalue weighted by atomic mass is 9.77. The van der Waals surface area contributed by atoms with E-state index >= 15 is 0 Å². The zero-order valence-electron chi connectivity index (χ0n) is 15.4. The van der Waals surface area contributed by atoms with Crippen LogP contribution < -0.4 is 0 Å². The number of piperidine rings is 1. The summed E-state index contributed by atoms with van der Waals surface area (Å²) in [6.07, 6.45) is 6.47. The van der Waals surface area contributed by atoms with Crippen molar-refractivity contribution in [2.75, 3.05) is 18.8 Å². The van der Waals surface area contributed by atoms with Crippen LogP contribution in [0.2, 0.25) is 0 Å². The molecule has 1 saturated heterocycles. The molecule has 0 amide bonds. The number of benzene rings is 1. The number of rotatable bonds is 5. The van der Waals surface area contributed by atoms with E-state index in [0.29, 0.717) is 13.1 Å². The van der Waals surface area contributed by atoms with Crippen LogP contribution >= 0.6 is 0 Å². The van der Waals surface area contributed by atoms with Gasteiger partial charge in [0.2, 0.25) is 10.0 Å². The quantitative estimate of drug-likeness (QED) is 0.807. The Bertz CT molecular complexity index is 866. The van der Waals surface area contributed by atoms with Crippen molar-refractivity contribution in [2.45, 2.75) is 51.0 Å². The first-order valence-corrected chi connectivity index (χ1v) is 11.3. The van der Waals surface area contributed by atoms with Gasteiger partial charge in [-0.1, -0.05) is 43.7 Å². The molecule has 0 N–H and O–H groups in total. The minimum Gasteiger partial charge on any atom is -0.328 e. The zero-order chi connectivity index (χ0) is 18.2. The standard InChI is InChI=1S/C20H27N3O2S/c1-2-3-15-26(24,25)22-12-9-20(10-13-22)11-14-23-18(16-21-19(20)23)17-7-5-4-6-8-17/h4-8,16H,2-3,9-15H2,1H3. The number of unbranched alkanes of at least 4 members (excludes halogenated alkanes) is 1. The van der Waals surface area contributed by atoms with Gasteiger partial charge in [0.05, 0.1) is 17.6 Å². The van der Waals surface area contributed by atoms with Crippen LogP contribution in [-0.4, -0.2) is 41.1 Å². The predicted octanol–water partition coefficient (Wildman–Crippen LogP) is 3.42. The maximum Gasteiger partial charge on any atom is 0.214 e. The summed E-state index contributed by atoms with van der Waals surface area (Å²) in [5.41, 5.74) is 2.42. The third kappa shape index (κ3) is 2.99. The third-order valence-electron chi connectivity index (χ3n) is 6.04. The summed E-state index contributed by atoms with van der Waals surface area (Å²) in [5.74, 6) is 1.44. The second-order valence-corrected chi connectivity index (χ2v) is 9.67. The molecule has 2 aromatic rings. The molecule has 2 aliphatic heterocycles. The molecule has 26 heavy (non-hydrogen) atoms. The number of hydrogen-bond donors (Lipinski definition) is 0.